The first-order valence-corrected chi connectivity index (χ1v) is 10.4. The lowest BCUT2D eigenvalue weighted by molar-refractivity contribution is 0.495. The Labute approximate surface area is 163 Å². The van der Waals surface area contributed by atoms with Gasteiger partial charge >= 0.3 is 0 Å². The van der Waals surface area contributed by atoms with Crippen molar-refractivity contribution in [3.05, 3.63) is 51.4 Å². The molecule has 1 atom stereocenters. The molecule has 9 heteroatoms. The third-order valence-electron chi connectivity index (χ3n) is 5.18. The van der Waals surface area contributed by atoms with Crippen molar-refractivity contribution in [3.8, 4) is 5.69 Å². The van der Waals surface area contributed by atoms with Crippen LogP contribution in [0.1, 0.15) is 26.7 Å². The van der Waals surface area contributed by atoms with Crippen molar-refractivity contribution in [2.24, 2.45) is 0 Å². The van der Waals surface area contributed by atoms with Crippen LogP contribution in [-0.2, 0) is 10.8 Å². The lowest BCUT2D eigenvalue weighted by atomic mass is 10.0. The van der Waals surface area contributed by atoms with E-state index in [-0.39, 0.29) is 15.5 Å². The summed E-state index contributed by atoms with van der Waals surface area (Å²) < 4.78 is 40.1. The summed E-state index contributed by atoms with van der Waals surface area (Å²) in [7, 11) is -0.956. The lowest BCUT2D eigenvalue weighted by Crippen LogP contribution is -2.53. The predicted octanol–water partition coefficient (Wildman–Crippen LogP) is 3.29. The third-order valence-corrected chi connectivity index (χ3v) is 7.76. The molecule has 2 heterocycles. The molecule has 27 heavy (non-hydrogen) atoms. The Hall–Kier alpha value is -1.80. The number of halogens is 3. The van der Waals surface area contributed by atoms with Crippen molar-refractivity contribution in [1.82, 2.24) is 9.78 Å². The standard InChI is InChI=1S/C18H20ClF2N3O2S/c1-3-18(4-2)11-23(7-8-27(18)26)15-10-22-24(17(25)16(15)19)14-6-5-12(20)9-13(14)21/h5-6,9-10H,3-4,7-8,11H2,1-2H3. The van der Waals surface area contributed by atoms with Crippen LogP contribution in [0.15, 0.2) is 29.2 Å². The molecule has 1 fully saturated rings. The summed E-state index contributed by atoms with van der Waals surface area (Å²) in [6, 6.07) is 2.87. The van der Waals surface area contributed by atoms with E-state index in [1.54, 1.807) is 0 Å². The van der Waals surface area contributed by atoms with Crippen molar-refractivity contribution < 1.29 is 13.0 Å². The molecule has 0 spiro atoms. The fourth-order valence-corrected chi connectivity index (χ4v) is 5.39. The highest BCUT2D eigenvalue weighted by molar-refractivity contribution is 7.86. The van der Waals surface area contributed by atoms with Crippen molar-refractivity contribution in [1.29, 1.82) is 0 Å². The topological polar surface area (TPSA) is 55.2 Å². The Morgan fingerprint density at radius 1 is 1.26 bits per heavy atom. The summed E-state index contributed by atoms with van der Waals surface area (Å²) in [5, 5.41) is 3.94. The molecule has 0 N–H and O–H groups in total. The number of hydrogen-bond acceptors (Lipinski definition) is 4. The minimum absolute atomic E-state index is 0.0949. The van der Waals surface area contributed by atoms with Gasteiger partial charge in [-0.3, -0.25) is 9.00 Å². The van der Waals surface area contributed by atoms with Crippen molar-refractivity contribution >= 4 is 28.1 Å². The van der Waals surface area contributed by atoms with E-state index >= 15 is 0 Å². The van der Waals surface area contributed by atoms with Crippen LogP contribution in [0.25, 0.3) is 5.69 Å². The van der Waals surface area contributed by atoms with Gasteiger partial charge in [-0.2, -0.15) is 9.78 Å². The molecule has 1 aromatic carbocycles. The number of aromatic nitrogens is 2. The summed E-state index contributed by atoms with van der Waals surface area (Å²) >= 11 is 6.29. The Morgan fingerprint density at radius 3 is 2.59 bits per heavy atom. The molecule has 0 aliphatic carbocycles. The Morgan fingerprint density at radius 2 is 1.96 bits per heavy atom. The number of rotatable bonds is 4. The zero-order chi connectivity index (χ0) is 19.8. The molecule has 3 rings (SSSR count). The van der Waals surface area contributed by atoms with E-state index in [1.165, 1.54) is 6.20 Å². The number of nitrogens with zero attached hydrogens (tertiary/aromatic N) is 3. The van der Waals surface area contributed by atoms with Gasteiger partial charge in [0, 0.05) is 35.7 Å². The van der Waals surface area contributed by atoms with Crippen LogP contribution in [0, 0.1) is 11.6 Å². The molecule has 0 amide bonds. The van der Waals surface area contributed by atoms with Crippen molar-refractivity contribution in [2.75, 3.05) is 23.7 Å². The molecule has 1 aliphatic heterocycles. The Bertz CT molecular complexity index is 947. The highest BCUT2D eigenvalue weighted by Gasteiger charge is 2.39. The van der Waals surface area contributed by atoms with Gasteiger partial charge in [-0.25, -0.2) is 8.78 Å². The first kappa shape index (κ1) is 19.9. The third kappa shape index (κ3) is 3.52. The maximum Gasteiger partial charge on any atom is 0.292 e. The van der Waals surface area contributed by atoms with Crippen LogP contribution in [0.5, 0.6) is 0 Å². The van der Waals surface area contributed by atoms with Gasteiger partial charge in [-0.05, 0) is 25.0 Å². The second-order valence-electron chi connectivity index (χ2n) is 6.52. The highest BCUT2D eigenvalue weighted by Crippen LogP contribution is 2.33. The highest BCUT2D eigenvalue weighted by atomic mass is 35.5. The van der Waals surface area contributed by atoms with Crippen LogP contribution < -0.4 is 10.5 Å². The van der Waals surface area contributed by atoms with Gasteiger partial charge in [0.25, 0.3) is 5.56 Å². The van der Waals surface area contributed by atoms with Crippen molar-refractivity contribution in [3.63, 3.8) is 0 Å². The maximum absolute atomic E-state index is 14.0. The summed E-state index contributed by atoms with van der Waals surface area (Å²) in [6.45, 7) is 4.99. The molecule has 0 saturated carbocycles. The average Bonchev–Trinajstić information content (AvgIpc) is 2.65. The van der Waals surface area contributed by atoms with E-state index in [9.17, 15) is 17.8 Å². The molecular formula is C18H20ClF2N3O2S. The van der Waals surface area contributed by atoms with Crippen LogP contribution in [0.4, 0.5) is 14.5 Å². The van der Waals surface area contributed by atoms with E-state index in [4.69, 9.17) is 11.6 Å². The zero-order valence-electron chi connectivity index (χ0n) is 15.0. The molecular weight excluding hydrogens is 396 g/mol. The quantitative estimate of drug-likeness (QED) is 0.768. The number of anilines is 1. The molecule has 1 aliphatic rings. The molecule has 0 radical (unpaired) electrons. The predicted molar refractivity (Wildman–Crippen MR) is 103 cm³/mol. The largest absolute Gasteiger partial charge is 0.366 e. The van der Waals surface area contributed by atoms with E-state index < -0.39 is 28.0 Å². The average molecular weight is 416 g/mol. The monoisotopic (exact) mass is 415 g/mol. The molecule has 5 nitrogen and oxygen atoms in total. The summed E-state index contributed by atoms with van der Waals surface area (Å²) in [5.74, 6) is -1.17. The van der Waals surface area contributed by atoms with Gasteiger partial charge in [0.2, 0.25) is 0 Å². The molecule has 2 aromatic rings. The summed E-state index contributed by atoms with van der Waals surface area (Å²) in [5.41, 5.74) is -0.431. The molecule has 1 unspecified atom stereocenters. The normalized spacial score (nSPS) is 19.3. The zero-order valence-corrected chi connectivity index (χ0v) is 16.6. The molecule has 1 aromatic heterocycles. The number of hydrogen-bond donors (Lipinski definition) is 0. The van der Waals surface area contributed by atoms with Gasteiger partial charge in [0.1, 0.15) is 16.5 Å². The lowest BCUT2D eigenvalue weighted by Gasteiger charge is -2.42. The second-order valence-corrected chi connectivity index (χ2v) is 8.86. The second kappa shape index (κ2) is 7.67. The minimum atomic E-state index is -0.956. The fraction of sp³-hybridized carbons (Fsp3) is 0.444. The van der Waals surface area contributed by atoms with E-state index in [1.807, 2.05) is 18.7 Å². The summed E-state index contributed by atoms with van der Waals surface area (Å²) in [4.78, 5) is 14.6. The van der Waals surface area contributed by atoms with Crippen LogP contribution in [0.2, 0.25) is 5.02 Å². The minimum Gasteiger partial charge on any atom is -0.366 e. The van der Waals surface area contributed by atoms with Gasteiger partial charge in [0.15, 0.2) is 5.82 Å². The van der Waals surface area contributed by atoms with Crippen LogP contribution in [-0.4, -0.2) is 37.6 Å². The number of benzene rings is 1. The molecule has 0 bridgehead atoms. The smallest absolute Gasteiger partial charge is 0.292 e. The van der Waals surface area contributed by atoms with Gasteiger partial charge in [0.05, 0.1) is 16.6 Å². The molecule has 1 saturated heterocycles. The first-order chi connectivity index (χ1) is 12.8. The summed E-state index contributed by atoms with van der Waals surface area (Å²) in [6.07, 6.45) is 2.89. The molecule has 146 valence electrons. The van der Waals surface area contributed by atoms with Gasteiger partial charge in [-0.15, -0.1) is 0 Å². The van der Waals surface area contributed by atoms with Crippen molar-refractivity contribution in [2.45, 2.75) is 31.4 Å². The van der Waals surface area contributed by atoms with Crippen LogP contribution >= 0.6 is 11.6 Å². The van der Waals surface area contributed by atoms with Gasteiger partial charge in [-0.1, -0.05) is 25.4 Å². The SMILES string of the molecule is CCC1(CC)CN(c2cnn(-c3ccc(F)cc3F)c(=O)c2Cl)CCS1=O. The van der Waals surface area contributed by atoms with E-state index in [2.05, 4.69) is 5.10 Å². The van der Waals surface area contributed by atoms with E-state index in [0.29, 0.717) is 30.6 Å². The van der Waals surface area contributed by atoms with Crippen LogP contribution in [0.3, 0.4) is 0 Å². The van der Waals surface area contributed by atoms with Gasteiger partial charge < -0.3 is 4.90 Å². The fourth-order valence-electron chi connectivity index (χ4n) is 3.38. The van der Waals surface area contributed by atoms with E-state index in [0.717, 1.165) is 29.7 Å². The first-order valence-electron chi connectivity index (χ1n) is 8.69. The Balaban J connectivity index is 2.01. The Kier molecular flexibility index (Phi) is 5.67. The maximum atomic E-state index is 14.0.